The van der Waals surface area contributed by atoms with Crippen LogP contribution in [0.3, 0.4) is 0 Å². The van der Waals surface area contributed by atoms with Crippen LogP contribution >= 0.6 is 0 Å². The van der Waals surface area contributed by atoms with Crippen molar-refractivity contribution in [1.29, 1.82) is 0 Å². The minimum atomic E-state index is -3.82. The number of nitrogens with two attached hydrogens (primary N) is 1. The Bertz CT molecular complexity index is 558. The summed E-state index contributed by atoms with van der Waals surface area (Å²) in [6, 6.07) is 0. The topological polar surface area (TPSA) is 112 Å². The van der Waals surface area contributed by atoms with Crippen LogP contribution in [0.25, 0.3) is 0 Å². The van der Waals surface area contributed by atoms with Crippen LogP contribution < -0.4 is 5.14 Å². The van der Waals surface area contributed by atoms with Crippen molar-refractivity contribution in [1.82, 2.24) is 9.55 Å². The standard InChI is InChI=1S/C7H13N3O4S2/c1-2-15(11,12)4-3-10-5-7(9-6-10)16(8,13)14/h5-6H,2-4H2,1H3,(H2,8,13,14). The molecule has 1 rings (SSSR count). The van der Waals surface area contributed by atoms with Gasteiger partial charge in [0.05, 0.1) is 12.1 Å². The number of rotatable bonds is 5. The molecule has 0 spiro atoms. The van der Waals surface area contributed by atoms with Crippen LogP contribution in [-0.2, 0) is 26.4 Å². The Hall–Kier alpha value is -0.930. The van der Waals surface area contributed by atoms with E-state index < -0.39 is 19.9 Å². The van der Waals surface area contributed by atoms with Gasteiger partial charge < -0.3 is 4.57 Å². The van der Waals surface area contributed by atoms with Crippen LogP contribution in [0.4, 0.5) is 0 Å². The van der Waals surface area contributed by atoms with Gasteiger partial charge in [0.1, 0.15) is 0 Å². The highest BCUT2D eigenvalue weighted by Crippen LogP contribution is 2.02. The number of hydrogen-bond donors (Lipinski definition) is 1. The number of aromatic nitrogens is 2. The van der Waals surface area contributed by atoms with Gasteiger partial charge in [0.25, 0.3) is 10.0 Å². The number of sulfonamides is 1. The van der Waals surface area contributed by atoms with Gasteiger partial charge in [0.2, 0.25) is 0 Å². The maximum Gasteiger partial charge on any atom is 0.257 e. The highest BCUT2D eigenvalue weighted by atomic mass is 32.2. The molecule has 2 N–H and O–H groups in total. The summed E-state index contributed by atoms with van der Waals surface area (Å²) in [5.74, 6) is 0.00760. The van der Waals surface area contributed by atoms with Crippen molar-refractivity contribution in [3.8, 4) is 0 Å². The second-order valence-electron chi connectivity index (χ2n) is 3.23. The van der Waals surface area contributed by atoms with E-state index in [0.29, 0.717) is 0 Å². The number of hydrogen-bond acceptors (Lipinski definition) is 5. The fourth-order valence-corrected chi connectivity index (χ4v) is 2.25. The summed E-state index contributed by atoms with van der Waals surface area (Å²) >= 11 is 0. The first kappa shape index (κ1) is 13.1. The second-order valence-corrected chi connectivity index (χ2v) is 7.21. The highest BCUT2D eigenvalue weighted by molar-refractivity contribution is 7.91. The average Bonchev–Trinajstić information content (AvgIpc) is 2.63. The van der Waals surface area contributed by atoms with Gasteiger partial charge in [-0.25, -0.2) is 27.0 Å². The zero-order valence-electron chi connectivity index (χ0n) is 8.70. The molecule has 0 aliphatic carbocycles. The normalized spacial score (nSPS) is 12.9. The molecule has 0 radical (unpaired) electrons. The van der Waals surface area contributed by atoms with E-state index in [1.54, 1.807) is 6.92 Å². The lowest BCUT2D eigenvalue weighted by molar-refractivity contribution is 0.590. The van der Waals surface area contributed by atoms with Crippen LogP contribution in [0.15, 0.2) is 17.6 Å². The molecule has 0 saturated carbocycles. The van der Waals surface area contributed by atoms with Gasteiger partial charge in [-0.2, -0.15) is 0 Å². The molecule has 1 aromatic rings. The van der Waals surface area contributed by atoms with Crippen LogP contribution in [0, 0.1) is 0 Å². The summed E-state index contributed by atoms with van der Waals surface area (Å²) in [7, 11) is -6.90. The number of nitrogens with zero attached hydrogens (tertiary/aromatic N) is 2. The van der Waals surface area contributed by atoms with Crippen LogP contribution in [0.5, 0.6) is 0 Å². The first-order valence-corrected chi connectivity index (χ1v) is 7.86. The molecule has 1 heterocycles. The Labute approximate surface area is 94.3 Å². The van der Waals surface area contributed by atoms with E-state index in [2.05, 4.69) is 4.98 Å². The third-order valence-electron chi connectivity index (χ3n) is 2.00. The molecule has 16 heavy (non-hydrogen) atoms. The second kappa shape index (κ2) is 4.52. The van der Waals surface area contributed by atoms with Crippen LogP contribution in [0.2, 0.25) is 0 Å². The smallest absolute Gasteiger partial charge is 0.257 e. The zero-order valence-corrected chi connectivity index (χ0v) is 10.3. The summed E-state index contributed by atoms with van der Waals surface area (Å²) in [6.45, 7) is 1.72. The molecule has 1 aromatic heterocycles. The summed E-state index contributed by atoms with van der Waals surface area (Å²) in [5.41, 5.74) is 0. The molecule has 0 bridgehead atoms. The number of primary sulfonamides is 1. The number of imidazole rings is 1. The van der Waals surface area contributed by atoms with E-state index in [4.69, 9.17) is 5.14 Å². The lowest BCUT2D eigenvalue weighted by Gasteiger charge is -2.01. The minimum Gasteiger partial charge on any atom is -0.335 e. The summed E-state index contributed by atoms with van der Waals surface area (Å²) in [4.78, 5) is 3.57. The van der Waals surface area contributed by atoms with E-state index >= 15 is 0 Å². The van der Waals surface area contributed by atoms with Crippen molar-refractivity contribution in [2.75, 3.05) is 11.5 Å². The third kappa shape index (κ3) is 3.58. The SMILES string of the molecule is CCS(=O)(=O)CCn1cnc(S(N)(=O)=O)c1. The molecule has 0 aliphatic heterocycles. The molecule has 92 valence electrons. The quantitative estimate of drug-likeness (QED) is 0.732. The summed E-state index contributed by atoms with van der Waals surface area (Å²) in [6.07, 6.45) is 2.45. The van der Waals surface area contributed by atoms with Crippen molar-refractivity contribution in [2.24, 2.45) is 5.14 Å². The largest absolute Gasteiger partial charge is 0.335 e. The molecule has 0 unspecified atom stereocenters. The van der Waals surface area contributed by atoms with Gasteiger partial charge in [-0.1, -0.05) is 6.92 Å². The Morgan fingerprint density at radius 1 is 1.38 bits per heavy atom. The molecule has 0 aromatic carbocycles. The van der Waals surface area contributed by atoms with E-state index in [9.17, 15) is 16.8 Å². The van der Waals surface area contributed by atoms with Crippen molar-refractivity contribution in [2.45, 2.75) is 18.5 Å². The predicted octanol–water partition coefficient (Wildman–Crippen LogP) is -1.03. The summed E-state index contributed by atoms with van der Waals surface area (Å²) in [5, 5.41) is 4.59. The van der Waals surface area contributed by atoms with Crippen molar-refractivity contribution >= 4 is 19.9 Å². The van der Waals surface area contributed by atoms with Crippen LogP contribution in [-0.4, -0.2) is 37.9 Å². The lowest BCUT2D eigenvalue weighted by atomic mass is 10.7. The van der Waals surface area contributed by atoms with Gasteiger partial charge in [0.15, 0.2) is 14.9 Å². The molecule has 0 aliphatic rings. The lowest BCUT2D eigenvalue weighted by Crippen LogP contribution is -2.14. The fraction of sp³-hybridized carbons (Fsp3) is 0.571. The molecular formula is C7H13N3O4S2. The van der Waals surface area contributed by atoms with Crippen molar-refractivity contribution < 1.29 is 16.8 Å². The first-order chi connectivity index (χ1) is 7.24. The summed E-state index contributed by atoms with van der Waals surface area (Å²) < 4.78 is 45.6. The van der Waals surface area contributed by atoms with Crippen LogP contribution in [0.1, 0.15) is 6.92 Å². The van der Waals surface area contributed by atoms with E-state index in [0.717, 1.165) is 0 Å². The molecule has 0 fully saturated rings. The number of aryl methyl sites for hydroxylation is 1. The highest BCUT2D eigenvalue weighted by Gasteiger charge is 2.12. The van der Waals surface area contributed by atoms with Gasteiger partial charge in [-0.05, 0) is 0 Å². The molecule has 0 saturated heterocycles. The molecular weight excluding hydrogens is 254 g/mol. The Morgan fingerprint density at radius 2 is 2.00 bits per heavy atom. The molecule has 7 nitrogen and oxygen atoms in total. The van der Waals surface area contributed by atoms with Gasteiger partial charge in [0, 0.05) is 18.5 Å². The van der Waals surface area contributed by atoms with Gasteiger partial charge >= 0.3 is 0 Å². The molecule has 9 heteroatoms. The van der Waals surface area contributed by atoms with E-state index in [1.807, 2.05) is 0 Å². The molecule has 0 amide bonds. The maximum absolute atomic E-state index is 11.2. The number of sulfone groups is 1. The average molecular weight is 267 g/mol. The molecule has 0 atom stereocenters. The minimum absolute atomic E-state index is 0.0517. The first-order valence-electron chi connectivity index (χ1n) is 4.49. The zero-order chi connectivity index (χ0) is 12.4. The maximum atomic E-state index is 11.2. The van der Waals surface area contributed by atoms with Crippen molar-refractivity contribution in [3.05, 3.63) is 12.5 Å². The van der Waals surface area contributed by atoms with E-state index in [1.165, 1.54) is 17.1 Å². The Kier molecular flexibility index (Phi) is 3.71. The third-order valence-corrected chi connectivity index (χ3v) is 4.48. The monoisotopic (exact) mass is 267 g/mol. The Morgan fingerprint density at radius 3 is 2.44 bits per heavy atom. The van der Waals surface area contributed by atoms with Gasteiger partial charge in [-0.3, -0.25) is 0 Å². The van der Waals surface area contributed by atoms with Gasteiger partial charge in [-0.15, -0.1) is 0 Å². The predicted molar refractivity (Wildman–Crippen MR) is 57.9 cm³/mol. The van der Waals surface area contributed by atoms with Crippen molar-refractivity contribution in [3.63, 3.8) is 0 Å². The van der Waals surface area contributed by atoms with E-state index in [-0.39, 0.29) is 23.1 Å². The fourth-order valence-electron chi connectivity index (χ4n) is 0.998. The Balaban J connectivity index is 2.75.